The molecule has 0 N–H and O–H groups in total. The molecule has 0 bridgehead atoms. The maximum absolute atomic E-state index is 5.17. The Labute approximate surface area is 333 Å². The van der Waals surface area contributed by atoms with Crippen molar-refractivity contribution in [1.29, 1.82) is 0 Å². The molecule has 0 spiro atoms. The van der Waals surface area contributed by atoms with E-state index >= 15 is 0 Å². The van der Waals surface area contributed by atoms with E-state index in [4.69, 9.17) is 4.98 Å². The molecule has 0 saturated carbocycles. The molecule has 57 heavy (non-hydrogen) atoms. The van der Waals surface area contributed by atoms with Gasteiger partial charge in [-0.05, 0) is 71.8 Å². The second kappa shape index (κ2) is 12.6. The Morgan fingerprint density at radius 2 is 0.895 bits per heavy atom. The monoisotopic (exact) mass is 743 g/mol. The summed E-state index contributed by atoms with van der Waals surface area (Å²) in [6.45, 7) is 0. The molecule has 0 amide bonds. The minimum atomic E-state index is 0.949. The van der Waals surface area contributed by atoms with Crippen molar-refractivity contribution in [3.05, 3.63) is 200 Å². The summed E-state index contributed by atoms with van der Waals surface area (Å²) in [5.41, 5.74) is 13.5. The van der Waals surface area contributed by atoms with Crippen LogP contribution in [0.25, 0.3) is 109 Å². The molecule has 4 aromatic heterocycles. The summed E-state index contributed by atoms with van der Waals surface area (Å²) in [7, 11) is 0. The lowest BCUT2D eigenvalue weighted by Crippen LogP contribution is -1.98. The van der Waals surface area contributed by atoms with Crippen molar-refractivity contribution in [2.75, 3.05) is 0 Å². The molecule has 0 aliphatic carbocycles. The van der Waals surface area contributed by atoms with E-state index in [1.54, 1.807) is 0 Å². The number of thiophene rings is 1. The van der Waals surface area contributed by atoms with Crippen molar-refractivity contribution >= 4 is 75.1 Å². The molecule has 12 rings (SSSR count). The molecule has 0 aliphatic rings. The molecule has 0 radical (unpaired) electrons. The lowest BCUT2D eigenvalue weighted by Gasteiger charge is -2.13. The predicted octanol–water partition coefficient (Wildman–Crippen LogP) is 14.6. The van der Waals surface area contributed by atoms with Gasteiger partial charge in [0, 0.05) is 58.5 Å². The summed E-state index contributed by atoms with van der Waals surface area (Å²) in [6, 6.07) is 72.4. The maximum Gasteiger partial charge on any atom is 0.0730 e. The van der Waals surface area contributed by atoms with Gasteiger partial charge in [-0.1, -0.05) is 140 Å². The van der Waals surface area contributed by atoms with E-state index in [1.165, 1.54) is 69.4 Å². The Kier molecular flexibility index (Phi) is 7.10. The van der Waals surface area contributed by atoms with Crippen LogP contribution in [0, 0.1) is 0 Å². The first-order valence-electron chi connectivity index (χ1n) is 19.4. The number of para-hydroxylation sites is 2. The fourth-order valence-electron chi connectivity index (χ4n) is 8.93. The van der Waals surface area contributed by atoms with Crippen LogP contribution < -0.4 is 0 Å². The highest BCUT2D eigenvalue weighted by Gasteiger charge is 2.19. The van der Waals surface area contributed by atoms with E-state index in [1.807, 2.05) is 11.3 Å². The van der Waals surface area contributed by atoms with Gasteiger partial charge in [0.15, 0.2) is 0 Å². The highest BCUT2D eigenvalue weighted by Crippen LogP contribution is 2.44. The Hall–Kier alpha value is -7.27. The lowest BCUT2D eigenvalue weighted by atomic mass is 10.0. The average molecular weight is 744 g/mol. The molecule has 4 heteroatoms. The molecule has 0 atom stereocenters. The number of nitrogens with zero attached hydrogens (tertiary/aromatic N) is 3. The molecule has 0 unspecified atom stereocenters. The molecular formula is C53H33N3S. The standard InChI is InChI=1S/C53H33N3S/c1-3-14-34(15-4-1)45-32-39(33-46(54-45)35-16-5-2-6-17-35)56-47-23-10-7-20-40(47)44-31-37(26-28-49(44)56)36-18-13-19-38(30-36)55-48-24-11-8-22-43(48)52-50(55)29-27-42-41-21-9-12-25-51(41)57-53(42)52/h1-33H. The largest absolute Gasteiger partial charge is 0.309 e. The van der Waals surface area contributed by atoms with Crippen LogP contribution in [0.1, 0.15) is 0 Å². The Bertz CT molecular complexity index is 3460. The smallest absolute Gasteiger partial charge is 0.0730 e. The molecule has 0 fully saturated rings. The number of pyridine rings is 1. The van der Waals surface area contributed by atoms with E-state index in [2.05, 4.69) is 209 Å². The van der Waals surface area contributed by atoms with E-state index < -0.39 is 0 Å². The normalized spacial score (nSPS) is 11.9. The summed E-state index contributed by atoms with van der Waals surface area (Å²) in [5, 5.41) is 7.70. The first-order valence-corrected chi connectivity index (χ1v) is 20.2. The number of hydrogen-bond donors (Lipinski definition) is 0. The molecular weight excluding hydrogens is 711 g/mol. The Morgan fingerprint density at radius 1 is 0.333 bits per heavy atom. The summed E-state index contributed by atoms with van der Waals surface area (Å²) < 4.78 is 7.52. The van der Waals surface area contributed by atoms with Gasteiger partial charge >= 0.3 is 0 Å². The molecule has 3 nitrogen and oxygen atoms in total. The third-order valence-electron chi connectivity index (χ3n) is 11.5. The van der Waals surface area contributed by atoms with Crippen LogP contribution in [0.5, 0.6) is 0 Å². The highest BCUT2D eigenvalue weighted by molar-refractivity contribution is 7.26. The zero-order chi connectivity index (χ0) is 37.5. The van der Waals surface area contributed by atoms with E-state index in [0.717, 1.165) is 39.4 Å². The quantitative estimate of drug-likeness (QED) is 0.172. The number of fused-ring (bicyclic) bond motifs is 10. The van der Waals surface area contributed by atoms with Crippen molar-refractivity contribution < 1.29 is 0 Å². The zero-order valence-electron chi connectivity index (χ0n) is 30.8. The predicted molar refractivity (Wildman–Crippen MR) is 242 cm³/mol. The van der Waals surface area contributed by atoms with Crippen LogP contribution in [0.2, 0.25) is 0 Å². The van der Waals surface area contributed by atoms with Gasteiger partial charge in [0.05, 0.1) is 39.1 Å². The average Bonchev–Trinajstić information content (AvgIpc) is 3.94. The van der Waals surface area contributed by atoms with Gasteiger partial charge < -0.3 is 9.13 Å². The molecule has 0 aliphatic heterocycles. The van der Waals surface area contributed by atoms with Crippen molar-refractivity contribution in [3.8, 4) is 45.0 Å². The van der Waals surface area contributed by atoms with Crippen LogP contribution in [0.4, 0.5) is 0 Å². The third-order valence-corrected chi connectivity index (χ3v) is 12.7. The van der Waals surface area contributed by atoms with Crippen LogP contribution in [-0.4, -0.2) is 14.1 Å². The van der Waals surface area contributed by atoms with Crippen molar-refractivity contribution in [1.82, 2.24) is 14.1 Å². The third kappa shape index (κ3) is 5.01. The Morgan fingerprint density at radius 3 is 1.65 bits per heavy atom. The molecule has 8 aromatic carbocycles. The summed E-state index contributed by atoms with van der Waals surface area (Å²) in [5.74, 6) is 0. The van der Waals surface area contributed by atoms with Crippen LogP contribution >= 0.6 is 11.3 Å². The fraction of sp³-hybridized carbons (Fsp3) is 0. The SMILES string of the molecule is c1ccc(-c2cc(-n3c4ccccc4c4cc(-c5cccc(-n6c7ccccc7c7c8sc9ccccc9c8ccc76)c5)ccc43)cc(-c3ccccc3)n2)cc1. The molecule has 12 aromatic rings. The van der Waals surface area contributed by atoms with Crippen molar-refractivity contribution in [2.24, 2.45) is 0 Å². The van der Waals surface area contributed by atoms with Crippen LogP contribution in [-0.2, 0) is 0 Å². The number of benzene rings is 8. The maximum atomic E-state index is 5.17. The summed E-state index contributed by atoms with van der Waals surface area (Å²) in [4.78, 5) is 5.17. The number of aromatic nitrogens is 3. The van der Waals surface area contributed by atoms with Crippen LogP contribution in [0.15, 0.2) is 200 Å². The van der Waals surface area contributed by atoms with E-state index in [0.29, 0.717) is 0 Å². The van der Waals surface area contributed by atoms with Crippen LogP contribution in [0.3, 0.4) is 0 Å². The first-order chi connectivity index (χ1) is 28.3. The second-order valence-electron chi connectivity index (χ2n) is 14.7. The minimum absolute atomic E-state index is 0.949. The lowest BCUT2D eigenvalue weighted by molar-refractivity contribution is 1.16. The highest BCUT2D eigenvalue weighted by atomic mass is 32.1. The van der Waals surface area contributed by atoms with Crippen molar-refractivity contribution in [2.45, 2.75) is 0 Å². The number of rotatable bonds is 5. The number of hydrogen-bond acceptors (Lipinski definition) is 2. The van der Waals surface area contributed by atoms with E-state index in [-0.39, 0.29) is 0 Å². The minimum Gasteiger partial charge on any atom is -0.309 e. The van der Waals surface area contributed by atoms with Gasteiger partial charge in [0.2, 0.25) is 0 Å². The summed E-state index contributed by atoms with van der Waals surface area (Å²) >= 11 is 1.90. The topological polar surface area (TPSA) is 22.8 Å². The fourth-order valence-corrected chi connectivity index (χ4v) is 10.2. The van der Waals surface area contributed by atoms with Gasteiger partial charge in [0.1, 0.15) is 0 Å². The van der Waals surface area contributed by atoms with Gasteiger partial charge in [-0.25, -0.2) is 4.98 Å². The zero-order valence-corrected chi connectivity index (χ0v) is 31.6. The molecule has 0 saturated heterocycles. The Balaban J connectivity index is 1.03. The van der Waals surface area contributed by atoms with E-state index in [9.17, 15) is 0 Å². The molecule has 4 heterocycles. The molecule has 266 valence electrons. The van der Waals surface area contributed by atoms with Gasteiger partial charge in [-0.15, -0.1) is 11.3 Å². The summed E-state index contributed by atoms with van der Waals surface area (Å²) in [6.07, 6.45) is 0. The second-order valence-corrected chi connectivity index (χ2v) is 15.8. The first kappa shape index (κ1) is 32.0. The van der Waals surface area contributed by atoms with Gasteiger partial charge in [-0.3, -0.25) is 0 Å². The van der Waals surface area contributed by atoms with Gasteiger partial charge in [-0.2, -0.15) is 0 Å². The van der Waals surface area contributed by atoms with Gasteiger partial charge in [0.25, 0.3) is 0 Å². The van der Waals surface area contributed by atoms with Crippen molar-refractivity contribution in [3.63, 3.8) is 0 Å².